The zero-order chi connectivity index (χ0) is 21.7. The molecule has 8 nitrogen and oxygen atoms in total. The molecule has 0 aliphatic carbocycles. The van der Waals surface area contributed by atoms with Crippen molar-refractivity contribution in [2.45, 2.75) is 19.6 Å². The SMILES string of the molecule is C=CCNS(=O)(=O)Cc1ccc(NC(=O)c2nnn(-c3cccc(C)c3)c2C)cc1. The Labute approximate surface area is 175 Å². The van der Waals surface area contributed by atoms with Gasteiger partial charge in [0.25, 0.3) is 5.91 Å². The first-order valence-corrected chi connectivity index (χ1v) is 10.9. The third-order valence-electron chi connectivity index (χ3n) is 4.37. The van der Waals surface area contributed by atoms with Crippen LogP contribution >= 0.6 is 0 Å². The summed E-state index contributed by atoms with van der Waals surface area (Å²) in [6.07, 6.45) is 1.48. The van der Waals surface area contributed by atoms with Gasteiger partial charge in [0.05, 0.1) is 17.1 Å². The molecule has 0 aliphatic rings. The fourth-order valence-electron chi connectivity index (χ4n) is 2.87. The monoisotopic (exact) mass is 425 g/mol. The van der Waals surface area contributed by atoms with Crippen LogP contribution in [0.2, 0.25) is 0 Å². The Morgan fingerprint density at radius 1 is 1.17 bits per heavy atom. The molecule has 2 N–H and O–H groups in total. The molecular formula is C21H23N5O3S. The van der Waals surface area contributed by atoms with Crippen LogP contribution in [0.1, 0.15) is 27.3 Å². The van der Waals surface area contributed by atoms with Gasteiger partial charge in [-0.25, -0.2) is 17.8 Å². The Balaban J connectivity index is 1.70. The summed E-state index contributed by atoms with van der Waals surface area (Å²) in [6, 6.07) is 14.4. The number of rotatable bonds is 8. The lowest BCUT2D eigenvalue weighted by molar-refractivity contribution is 0.102. The third-order valence-corrected chi connectivity index (χ3v) is 5.69. The highest BCUT2D eigenvalue weighted by molar-refractivity contribution is 7.88. The molecule has 0 bridgehead atoms. The number of carbonyl (C=O) groups is 1. The van der Waals surface area contributed by atoms with Crippen molar-refractivity contribution in [3.63, 3.8) is 0 Å². The largest absolute Gasteiger partial charge is 0.321 e. The highest BCUT2D eigenvalue weighted by Gasteiger charge is 2.18. The van der Waals surface area contributed by atoms with Crippen LogP contribution in [0.5, 0.6) is 0 Å². The molecule has 0 spiro atoms. The number of nitrogens with one attached hydrogen (secondary N) is 2. The molecule has 0 saturated carbocycles. The van der Waals surface area contributed by atoms with Crippen molar-refractivity contribution in [1.29, 1.82) is 0 Å². The summed E-state index contributed by atoms with van der Waals surface area (Å²) in [5, 5.41) is 10.9. The average Bonchev–Trinajstić information content (AvgIpc) is 3.09. The van der Waals surface area contributed by atoms with E-state index < -0.39 is 10.0 Å². The van der Waals surface area contributed by atoms with Crippen LogP contribution in [0.25, 0.3) is 5.69 Å². The van der Waals surface area contributed by atoms with E-state index in [9.17, 15) is 13.2 Å². The smallest absolute Gasteiger partial charge is 0.278 e. The summed E-state index contributed by atoms with van der Waals surface area (Å²) in [4.78, 5) is 12.6. The van der Waals surface area contributed by atoms with Gasteiger partial charge in [0.15, 0.2) is 5.69 Å². The number of benzene rings is 2. The van der Waals surface area contributed by atoms with Gasteiger partial charge >= 0.3 is 0 Å². The Morgan fingerprint density at radius 2 is 1.90 bits per heavy atom. The zero-order valence-electron chi connectivity index (χ0n) is 16.8. The number of amides is 1. The lowest BCUT2D eigenvalue weighted by Crippen LogP contribution is -2.25. The number of hydrogen-bond acceptors (Lipinski definition) is 5. The van der Waals surface area contributed by atoms with Crippen LogP contribution in [-0.2, 0) is 15.8 Å². The molecule has 1 aromatic heterocycles. The predicted octanol–water partition coefficient (Wildman–Crippen LogP) is 2.74. The molecule has 2 aromatic carbocycles. The summed E-state index contributed by atoms with van der Waals surface area (Å²) in [5.74, 6) is -0.543. The molecule has 0 aliphatic heterocycles. The summed E-state index contributed by atoms with van der Waals surface area (Å²) in [6.45, 7) is 7.42. The zero-order valence-corrected chi connectivity index (χ0v) is 17.6. The van der Waals surface area contributed by atoms with E-state index in [4.69, 9.17) is 0 Å². The Morgan fingerprint density at radius 3 is 2.57 bits per heavy atom. The number of aromatic nitrogens is 3. The first-order chi connectivity index (χ1) is 14.3. The Bertz CT molecular complexity index is 1170. The lowest BCUT2D eigenvalue weighted by atomic mass is 10.2. The Kier molecular flexibility index (Phi) is 6.43. The maximum atomic E-state index is 12.6. The van der Waals surface area contributed by atoms with Crippen molar-refractivity contribution in [1.82, 2.24) is 19.7 Å². The van der Waals surface area contributed by atoms with Gasteiger partial charge in [-0.2, -0.15) is 0 Å². The molecule has 3 aromatic rings. The van der Waals surface area contributed by atoms with E-state index in [1.807, 2.05) is 31.2 Å². The van der Waals surface area contributed by atoms with Crippen molar-refractivity contribution in [3.05, 3.63) is 83.7 Å². The van der Waals surface area contributed by atoms with Gasteiger partial charge in [-0.3, -0.25) is 4.79 Å². The van der Waals surface area contributed by atoms with Gasteiger partial charge in [-0.15, -0.1) is 11.7 Å². The van der Waals surface area contributed by atoms with Crippen molar-refractivity contribution in [2.75, 3.05) is 11.9 Å². The molecule has 156 valence electrons. The minimum atomic E-state index is -3.44. The quantitative estimate of drug-likeness (QED) is 0.540. The summed E-state index contributed by atoms with van der Waals surface area (Å²) in [7, 11) is -3.44. The van der Waals surface area contributed by atoms with E-state index in [-0.39, 0.29) is 23.9 Å². The number of aryl methyl sites for hydroxylation is 1. The molecule has 9 heteroatoms. The topological polar surface area (TPSA) is 106 Å². The second-order valence-corrected chi connectivity index (χ2v) is 8.63. The van der Waals surface area contributed by atoms with E-state index >= 15 is 0 Å². The van der Waals surface area contributed by atoms with E-state index in [1.54, 1.807) is 35.9 Å². The highest BCUT2D eigenvalue weighted by atomic mass is 32.2. The van der Waals surface area contributed by atoms with E-state index in [0.29, 0.717) is 16.9 Å². The number of sulfonamides is 1. The second-order valence-electron chi connectivity index (χ2n) is 6.82. The van der Waals surface area contributed by atoms with Gasteiger partial charge < -0.3 is 5.32 Å². The number of carbonyl (C=O) groups excluding carboxylic acids is 1. The standard InChI is InChI=1S/C21H23N5O3S/c1-4-12-22-30(28,29)14-17-8-10-18(11-9-17)23-21(27)20-16(3)26(25-24-20)19-7-5-6-15(2)13-19/h4-11,13,22H,1,12,14H2,2-3H3,(H,23,27). The molecule has 0 unspecified atom stereocenters. The van der Waals surface area contributed by atoms with Crippen LogP contribution in [0.15, 0.2) is 61.2 Å². The van der Waals surface area contributed by atoms with Gasteiger partial charge in [-0.1, -0.05) is 35.6 Å². The highest BCUT2D eigenvalue weighted by Crippen LogP contribution is 2.16. The van der Waals surface area contributed by atoms with E-state index in [0.717, 1.165) is 11.3 Å². The lowest BCUT2D eigenvalue weighted by Gasteiger charge is -2.08. The minimum absolute atomic E-state index is 0.154. The number of hydrogen-bond donors (Lipinski definition) is 2. The molecule has 3 rings (SSSR count). The van der Waals surface area contributed by atoms with Crippen molar-refractivity contribution in [3.8, 4) is 5.69 Å². The fourth-order valence-corrected chi connectivity index (χ4v) is 3.98. The van der Waals surface area contributed by atoms with Gasteiger partial charge in [-0.05, 0) is 49.2 Å². The van der Waals surface area contributed by atoms with E-state index in [2.05, 4.69) is 26.9 Å². The molecule has 0 atom stereocenters. The summed E-state index contributed by atoms with van der Waals surface area (Å²) < 4.78 is 27.9. The van der Waals surface area contributed by atoms with E-state index in [1.165, 1.54) is 6.08 Å². The van der Waals surface area contributed by atoms with Crippen LogP contribution < -0.4 is 10.0 Å². The van der Waals surface area contributed by atoms with Crippen LogP contribution in [-0.4, -0.2) is 35.9 Å². The summed E-state index contributed by atoms with van der Waals surface area (Å²) in [5.41, 5.74) is 3.88. The second kappa shape index (κ2) is 9.02. The van der Waals surface area contributed by atoms with Crippen molar-refractivity contribution >= 4 is 21.6 Å². The molecule has 1 heterocycles. The van der Waals surface area contributed by atoms with Crippen LogP contribution in [0, 0.1) is 13.8 Å². The van der Waals surface area contributed by atoms with Gasteiger partial charge in [0.1, 0.15) is 0 Å². The number of nitrogens with zero attached hydrogens (tertiary/aromatic N) is 3. The van der Waals surface area contributed by atoms with Crippen molar-refractivity contribution < 1.29 is 13.2 Å². The number of anilines is 1. The molecule has 1 amide bonds. The maximum absolute atomic E-state index is 12.6. The molecular weight excluding hydrogens is 402 g/mol. The molecule has 30 heavy (non-hydrogen) atoms. The first kappa shape index (κ1) is 21.4. The van der Waals surface area contributed by atoms with Gasteiger partial charge in [0, 0.05) is 12.2 Å². The molecule has 0 saturated heterocycles. The van der Waals surface area contributed by atoms with Crippen LogP contribution in [0.4, 0.5) is 5.69 Å². The van der Waals surface area contributed by atoms with Crippen molar-refractivity contribution in [2.24, 2.45) is 0 Å². The maximum Gasteiger partial charge on any atom is 0.278 e. The normalized spacial score (nSPS) is 11.3. The molecule has 0 fully saturated rings. The third kappa shape index (κ3) is 5.19. The predicted molar refractivity (Wildman–Crippen MR) is 116 cm³/mol. The average molecular weight is 426 g/mol. The van der Waals surface area contributed by atoms with Crippen LogP contribution in [0.3, 0.4) is 0 Å². The Hall–Kier alpha value is -3.30. The fraction of sp³-hybridized carbons (Fsp3) is 0.190. The molecule has 0 radical (unpaired) electrons. The first-order valence-electron chi connectivity index (χ1n) is 9.27. The summed E-state index contributed by atoms with van der Waals surface area (Å²) >= 11 is 0. The van der Waals surface area contributed by atoms with Gasteiger partial charge in [0.2, 0.25) is 10.0 Å². The minimum Gasteiger partial charge on any atom is -0.321 e.